The number of rotatable bonds is 4. The van der Waals surface area contributed by atoms with Crippen LogP contribution in [0.5, 0.6) is 11.5 Å². The molecule has 0 radical (unpaired) electrons. The fourth-order valence-electron chi connectivity index (χ4n) is 1.90. The summed E-state index contributed by atoms with van der Waals surface area (Å²) in [5.74, 6) is 1.05. The van der Waals surface area contributed by atoms with Crippen LogP contribution in [0.4, 0.5) is 5.69 Å². The van der Waals surface area contributed by atoms with Crippen molar-refractivity contribution in [2.45, 2.75) is 13.8 Å². The van der Waals surface area contributed by atoms with Gasteiger partial charge < -0.3 is 4.74 Å². The summed E-state index contributed by atoms with van der Waals surface area (Å²) < 4.78 is 5.66. The van der Waals surface area contributed by atoms with Gasteiger partial charge in [-0.1, -0.05) is 17.7 Å². The van der Waals surface area contributed by atoms with Gasteiger partial charge in [0.05, 0.1) is 10.5 Å². The maximum atomic E-state index is 10.9. The van der Waals surface area contributed by atoms with Gasteiger partial charge in [0.15, 0.2) is 6.29 Å². The molecule has 0 heterocycles. The molecular formula is C15H13NO4. The number of carbonyl (C=O) groups excluding carboxylic acids is 1. The first-order chi connectivity index (χ1) is 9.51. The van der Waals surface area contributed by atoms with Crippen molar-refractivity contribution in [2.24, 2.45) is 0 Å². The molecule has 0 saturated carbocycles. The third-order valence-electron chi connectivity index (χ3n) is 2.88. The van der Waals surface area contributed by atoms with Crippen LogP contribution >= 0.6 is 0 Å². The molecule has 2 aromatic carbocycles. The number of hydrogen-bond donors (Lipinski definition) is 0. The Hall–Kier alpha value is -2.69. The molecule has 0 fully saturated rings. The molecule has 0 bridgehead atoms. The molecule has 0 aliphatic carbocycles. The predicted octanol–water partition coefficient (Wildman–Crippen LogP) is 3.82. The van der Waals surface area contributed by atoms with E-state index < -0.39 is 4.92 Å². The Morgan fingerprint density at radius 2 is 1.90 bits per heavy atom. The van der Waals surface area contributed by atoms with Crippen molar-refractivity contribution in [2.75, 3.05) is 0 Å². The Bertz CT molecular complexity index is 680. The number of carbonyl (C=O) groups is 1. The number of hydrogen-bond acceptors (Lipinski definition) is 4. The molecule has 0 aromatic heterocycles. The average Bonchev–Trinajstić information content (AvgIpc) is 2.41. The van der Waals surface area contributed by atoms with E-state index in [-0.39, 0.29) is 11.3 Å². The molecule has 5 heteroatoms. The normalized spacial score (nSPS) is 10.1. The molecule has 0 N–H and O–H groups in total. The van der Waals surface area contributed by atoms with Crippen molar-refractivity contribution in [3.05, 3.63) is 63.2 Å². The van der Waals surface area contributed by atoms with Crippen LogP contribution in [0, 0.1) is 24.0 Å². The maximum absolute atomic E-state index is 10.9. The lowest BCUT2D eigenvalue weighted by Crippen LogP contribution is -1.95. The number of benzene rings is 2. The summed E-state index contributed by atoms with van der Waals surface area (Å²) in [5, 5.41) is 10.7. The van der Waals surface area contributed by atoms with E-state index in [9.17, 15) is 14.9 Å². The van der Waals surface area contributed by atoms with E-state index in [1.54, 1.807) is 0 Å². The molecule has 5 nitrogen and oxygen atoms in total. The highest BCUT2D eigenvalue weighted by molar-refractivity contribution is 5.82. The largest absolute Gasteiger partial charge is 0.457 e. The molecule has 2 aromatic rings. The van der Waals surface area contributed by atoms with Crippen molar-refractivity contribution in [3.8, 4) is 11.5 Å². The summed E-state index contributed by atoms with van der Waals surface area (Å²) in [6.45, 7) is 3.89. The molecule has 0 unspecified atom stereocenters. The molecule has 0 aliphatic heterocycles. The maximum Gasteiger partial charge on any atom is 0.280 e. The van der Waals surface area contributed by atoms with Gasteiger partial charge in [0, 0.05) is 6.07 Å². The van der Waals surface area contributed by atoms with Gasteiger partial charge in [0.25, 0.3) is 5.69 Å². The van der Waals surface area contributed by atoms with E-state index in [4.69, 9.17) is 4.74 Å². The fraction of sp³-hybridized carbons (Fsp3) is 0.133. The van der Waals surface area contributed by atoms with E-state index >= 15 is 0 Å². The van der Waals surface area contributed by atoms with Gasteiger partial charge in [-0.15, -0.1) is 0 Å². The Morgan fingerprint density at radius 3 is 2.50 bits per heavy atom. The number of aryl methyl sites for hydroxylation is 2. The molecule has 2 rings (SSSR count). The quantitative estimate of drug-likeness (QED) is 0.481. The van der Waals surface area contributed by atoms with Crippen LogP contribution in [0.1, 0.15) is 21.5 Å². The Labute approximate surface area is 116 Å². The van der Waals surface area contributed by atoms with E-state index in [0.717, 1.165) is 11.1 Å². The molecule has 20 heavy (non-hydrogen) atoms. The topological polar surface area (TPSA) is 69.4 Å². The number of aldehydes is 1. The van der Waals surface area contributed by atoms with E-state index in [0.29, 0.717) is 17.8 Å². The first-order valence-electron chi connectivity index (χ1n) is 6.00. The molecular weight excluding hydrogens is 258 g/mol. The third-order valence-corrected chi connectivity index (χ3v) is 2.88. The van der Waals surface area contributed by atoms with Crippen LogP contribution in [0.2, 0.25) is 0 Å². The van der Waals surface area contributed by atoms with Crippen molar-refractivity contribution in [1.29, 1.82) is 0 Å². The van der Waals surface area contributed by atoms with Crippen molar-refractivity contribution in [1.82, 2.24) is 0 Å². The summed E-state index contributed by atoms with van der Waals surface area (Å²) in [6.07, 6.45) is 0.451. The number of nitrogens with zero attached hydrogens (tertiary/aromatic N) is 1. The second kappa shape index (κ2) is 5.52. The first kappa shape index (κ1) is 13.7. The summed E-state index contributed by atoms with van der Waals surface area (Å²) in [7, 11) is 0. The average molecular weight is 271 g/mol. The van der Waals surface area contributed by atoms with Gasteiger partial charge in [-0.25, -0.2) is 0 Å². The number of nitro groups is 1. The third kappa shape index (κ3) is 2.83. The zero-order valence-electron chi connectivity index (χ0n) is 11.1. The summed E-state index contributed by atoms with van der Waals surface area (Å²) >= 11 is 0. The van der Waals surface area contributed by atoms with Crippen LogP contribution in [-0.2, 0) is 0 Å². The number of nitro benzene ring substituents is 1. The zero-order valence-corrected chi connectivity index (χ0v) is 11.1. The monoisotopic (exact) mass is 271 g/mol. The fourth-order valence-corrected chi connectivity index (χ4v) is 1.90. The second-order valence-electron chi connectivity index (χ2n) is 4.47. The van der Waals surface area contributed by atoms with Gasteiger partial charge >= 0.3 is 0 Å². The van der Waals surface area contributed by atoms with E-state index in [1.165, 1.54) is 18.2 Å². The highest BCUT2D eigenvalue weighted by atomic mass is 16.6. The van der Waals surface area contributed by atoms with Crippen LogP contribution < -0.4 is 4.74 Å². The summed E-state index contributed by atoms with van der Waals surface area (Å²) in [4.78, 5) is 21.0. The zero-order chi connectivity index (χ0) is 14.7. The van der Waals surface area contributed by atoms with Crippen molar-refractivity contribution in [3.63, 3.8) is 0 Å². The lowest BCUT2D eigenvalue weighted by Gasteiger charge is -2.09. The van der Waals surface area contributed by atoms with Crippen LogP contribution in [0.15, 0.2) is 36.4 Å². The molecule has 0 saturated heterocycles. The predicted molar refractivity (Wildman–Crippen MR) is 74.5 cm³/mol. The van der Waals surface area contributed by atoms with Crippen LogP contribution in [0.25, 0.3) is 0 Å². The van der Waals surface area contributed by atoms with Crippen molar-refractivity contribution < 1.29 is 14.5 Å². The minimum Gasteiger partial charge on any atom is -0.457 e. The second-order valence-corrected chi connectivity index (χ2v) is 4.47. The Kier molecular flexibility index (Phi) is 3.79. The van der Waals surface area contributed by atoms with Gasteiger partial charge in [0.1, 0.15) is 11.5 Å². The highest BCUT2D eigenvalue weighted by Gasteiger charge is 2.14. The lowest BCUT2D eigenvalue weighted by molar-refractivity contribution is -0.385. The molecule has 0 spiro atoms. The van der Waals surface area contributed by atoms with E-state index in [2.05, 4.69) is 0 Å². The minimum absolute atomic E-state index is 0.00253. The van der Waals surface area contributed by atoms with E-state index in [1.807, 2.05) is 32.0 Å². The molecule has 0 aliphatic rings. The van der Waals surface area contributed by atoms with Gasteiger partial charge in [-0.3, -0.25) is 14.9 Å². The van der Waals surface area contributed by atoms with Gasteiger partial charge in [0.2, 0.25) is 0 Å². The molecule has 0 atom stereocenters. The standard InChI is InChI=1S/C15H13NO4/c1-10-3-6-15(11(2)7-10)20-13-4-5-14(16(18)19)12(8-13)9-17/h3-9H,1-2H3. The first-order valence-corrected chi connectivity index (χ1v) is 6.00. The minimum atomic E-state index is -0.593. The van der Waals surface area contributed by atoms with Crippen LogP contribution in [0.3, 0.4) is 0 Å². The van der Waals surface area contributed by atoms with Gasteiger partial charge in [-0.2, -0.15) is 0 Å². The Morgan fingerprint density at radius 1 is 1.15 bits per heavy atom. The molecule has 102 valence electrons. The summed E-state index contributed by atoms with van der Waals surface area (Å²) in [6, 6.07) is 9.82. The Balaban J connectivity index is 2.34. The van der Waals surface area contributed by atoms with Crippen molar-refractivity contribution >= 4 is 12.0 Å². The highest BCUT2D eigenvalue weighted by Crippen LogP contribution is 2.29. The van der Waals surface area contributed by atoms with Crippen LogP contribution in [-0.4, -0.2) is 11.2 Å². The smallest absolute Gasteiger partial charge is 0.280 e. The lowest BCUT2D eigenvalue weighted by atomic mass is 10.1. The summed E-state index contributed by atoms with van der Waals surface area (Å²) in [5.41, 5.74) is 1.84. The number of ether oxygens (including phenoxy) is 1. The van der Waals surface area contributed by atoms with Gasteiger partial charge in [-0.05, 0) is 37.6 Å². The SMILES string of the molecule is Cc1ccc(Oc2ccc([N+](=O)[O-])c(C=O)c2)c(C)c1. The molecule has 0 amide bonds.